The van der Waals surface area contributed by atoms with E-state index in [2.05, 4.69) is 0 Å². The minimum Gasteiger partial charge on any atom is -0.478 e. The van der Waals surface area contributed by atoms with Crippen LogP contribution >= 0.6 is 0 Å². The Morgan fingerprint density at radius 1 is 0.846 bits per heavy atom. The van der Waals surface area contributed by atoms with Gasteiger partial charge in [0.15, 0.2) is 0 Å². The van der Waals surface area contributed by atoms with Gasteiger partial charge in [-0.05, 0) is 24.3 Å². The van der Waals surface area contributed by atoms with Crippen molar-refractivity contribution in [1.82, 2.24) is 0 Å². The third-order valence-electron chi connectivity index (χ3n) is 1.38. The molecule has 1 aromatic carbocycles. The molecule has 0 bridgehead atoms. The molecule has 4 nitrogen and oxygen atoms in total. The molecule has 0 unspecified atom stereocenters. The van der Waals surface area contributed by atoms with E-state index in [1.54, 1.807) is 0 Å². The molecular formula is C8H6FeO4. The van der Waals surface area contributed by atoms with Crippen LogP contribution in [-0.4, -0.2) is 22.2 Å². The molecule has 0 heterocycles. The molecule has 1 rings (SSSR count). The molecule has 0 fully saturated rings. The van der Waals surface area contributed by atoms with Crippen molar-refractivity contribution in [3.63, 3.8) is 0 Å². The second kappa shape index (κ2) is 4.64. The van der Waals surface area contributed by atoms with Crippen molar-refractivity contribution in [2.75, 3.05) is 0 Å². The van der Waals surface area contributed by atoms with Gasteiger partial charge in [0.2, 0.25) is 0 Å². The van der Waals surface area contributed by atoms with E-state index in [1.807, 2.05) is 0 Å². The molecule has 0 atom stereocenters. The van der Waals surface area contributed by atoms with Crippen molar-refractivity contribution < 1.29 is 36.9 Å². The molecule has 70 valence electrons. The molecule has 5 heteroatoms. The molecule has 0 radical (unpaired) electrons. The largest absolute Gasteiger partial charge is 0.478 e. The van der Waals surface area contributed by atoms with Crippen LogP contribution in [0, 0.1) is 0 Å². The van der Waals surface area contributed by atoms with Crippen LogP contribution in [0.3, 0.4) is 0 Å². The Hall–Kier alpha value is -1.32. The number of carboxylic acid groups (broad SMARTS) is 2. The van der Waals surface area contributed by atoms with Crippen LogP contribution in [0.1, 0.15) is 20.7 Å². The molecule has 0 saturated carbocycles. The zero-order valence-corrected chi connectivity index (χ0v) is 7.48. The molecule has 0 aliphatic carbocycles. The maximum atomic E-state index is 10.3. The Balaban J connectivity index is 0.00000144. The Kier molecular flexibility index (Phi) is 4.17. The van der Waals surface area contributed by atoms with Crippen molar-refractivity contribution in [2.24, 2.45) is 0 Å². The van der Waals surface area contributed by atoms with Gasteiger partial charge in [0.1, 0.15) is 0 Å². The van der Waals surface area contributed by atoms with E-state index >= 15 is 0 Å². The quantitative estimate of drug-likeness (QED) is 0.734. The second-order valence-corrected chi connectivity index (χ2v) is 2.19. The van der Waals surface area contributed by atoms with Gasteiger partial charge in [-0.2, -0.15) is 0 Å². The fourth-order valence-corrected chi connectivity index (χ4v) is 0.755. The van der Waals surface area contributed by atoms with Gasteiger partial charge in [-0.25, -0.2) is 9.59 Å². The van der Waals surface area contributed by atoms with Crippen LogP contribution in [0.2, 0.25) is 0 Å². The number of hydrogen-bond acceptors (Lipinski definition) is 2. The smallest absolute Gasteiger partial charge is 0.335 e. The fraction of sp³-hybridized carbons (Fsp3) is 0. The standard InChI is InChI=1S/C8H6O4.Fe/c9-7(10)5-1-2-6(4-3-5)8(11)12;/h1-4H,(H,9,10)(H,11,12);. The predicted molar refractivity (Wildman–Crippen MR) is 40.4 cm³/mol. The van der Waals surface area contributed by atoms with Gasteiger partial charge in [-0.1, -0.05) is 0 Å². The molecule has 0 saturated heterocycles. The number of aromatic carboxylic acids is 2. The maximum absolute atomic E-state index is 10.3. The predicted octanol–water partition coefficient (Wildman–Crippen LogP) is 1.08. The van der Waals surface area contributed by atoms with E-state index in [0.29, 0.717) is 0 Å². The zero-order valence-electron chi connectivity index (χ0n) is 6.37. The number of hydrogen-bond donors (Lipinski definition) is 2. The van der Waals surface area contributed by atoms with Crippen LogP contribution in [0.25, 0.3) is 0 Å². The minimum absolute atomic E-state index is 0. The van der Waals surface area contributed by atoms with Gasteiger partial charge in [0, 0.05) is 17.1 Å². The Morgan fingerprint density at radius 3 is 1.23 bits per heavy atom. The first-order chi connectivity index (χ1) is 5.61. The normalized spacial score (nSPS) is 8.62. The number of rotatable bonds is 2. The van der Waals surface area contributed by atoms with Crippen LogP contribution < -0.4 is 0 Å². The SMILES string of the molecule is O=C(O)c1ccc(C(=O)O)cc1.[Fe]. The van der Waals surface area contributed by atoms with E-state index in [9.17, 15) is 9.59 Å². The fourth-order valence-electron chi connectivity index (χ4n) is 0.755. The summed E-state index contributed by atoms with van der Waals surface area (Å²) in [5.74, 6) is -2.13. The number of carbonyl (C=O) groups is 2. The average Bonchev–Trinajstić information content (AvgIpc) is 2.04. The molecule has 2 N–H and O–H groups in total. The Labute approximate surface area is 84.7 Å². The number of carboxylic acids is 2. The summed E-state index contributed by atoms with van der Waals surface area (Å²) in [5, 5.41) is 16.9. The topological polar surface area (TPSA) is 74.6 Å². The molecule has 1 aromatic rings. The summed E-state index contributed by atoms with van der Waals surface area (Å²) in [7, 11) is 0. The van der Waals surface area contributed by atoms with E-state index in [4.69, 9.17) is 10.2 Å². The summed E-state index contributed by atoms with van der Waals surface area (Å²) in [4.78, 5) is 20.7. The van der Waals surface area contributed by atoms with Gasteiger partial charge in [0.25, 0.3) is 0 Å². The van der Waals surface area contributed by atoms with Crippen LogP contribution in [0.4, 0.5) is 0 Å². The zero-order chi connectivity index (χ0) is 9.14. The second-order valence-electron chi connectivity index (χ2n) is 2.19. The monoisotopic (exact) mass is 222 g/mol. The summed E-state index contributed by atoms with van der Waals surface area (Å²) >= 11 is 0. The van der Waals surface area contributed by atoms with E-state index in [-0.39, 0.29) is 28.2 Å². The minimum atomic E-state index is -1.06. The van der Waals surface area contributed by atoms with Crippen LogP contribution in [0.15, 0.2) is 24.3 Å². The Bertz CT molecular complexity index is 284. The maximum Gasteiger partial charge on any atom is 0.335 e. The first-order valence-corrected chi connectivity index (χ1v) is 3.18. The third-order valence-corrected chi connectivity index (χ3v) is 1.38. The van der Waals surface area contributed by atoms with Crippen molar-refractivity contribution >= 4 is 11.9 Å². The first-order valence-electron chi connectivity index (χ1n) is 3.18. The van der Waals surface area contributed by atoms with E-state index in [0.717, 1.165) is 0 Å². The molecule has 0 amide bonds. The molecule has 0 aliphatic rings. The van der Waals surface area contributed by atoms with Crippen molar-refractivity contribution in [1.29, 1.82) is 0 Å². The van der Waals surface area contributed by atoms with Crippen molar-refractivity contribution in [3.05, 3.63) is 35.4 Å². The summed E-state index contributed by atoms with van der Waals surface area (Å²) in [5.41, 5.74) is 0.167. The van der Waals surface area contributed by atoms with Gasteiger partial charge in [-0.3, -0.25) is 0 Å². The van der Waals surface area contributed by atoms with Gasteiger partial charge in [0.05, 0.1) is 11.1 Å². The summed E-state index contributed by atoms with van der Waals surface area (Å²) < 4.78 is 0. The Morgan fingerprint density at radius 2 is 1.08 bits per heavy atom. The van der Waals surface area contributed by atoms with Crippen molar-refractivity contribution in [2.45, 2.75) is 0 Å². The van der Waals surface area contributed by atoms with Crippen molar-refractivity contribution in [3.8, 4) is 0 Å². The molecule has 0 aromatic heterocycles. The van der Waals surface area contributed by atoms with Gasteiger partial charge in [-0.15, -0.1) is 0 Å². The summed E-state index contributed by atoms with van der Waals surface area (Å²) in [6, 6.07) is 5.02. The van der Waals surface area contributed by atoms with Gasteiger partial charge >= 0.3 is 11.9 Å². The van der Waals surface area contributed by atoms with E-state index in [1.165, 1.54) is 24.3 Å². The summed E-state index contributed by atoms with van der Waals surface area (Å²) in [6.07, 6.45) is 0. The van der Waals surface area contributed by atoms with Crippen LogP contribution in [-0.2, 0) is 17.1 Å². The van der Waals surface area contributed by atoms with E-state index < -0.39 is 11.9 Å². The number of benzene rings is 1. The van der Waals surface area contributed by atoms with Crippen LogP contribution in [0.5, 0.6) is 0 Å². The molecule has 0 spiro atoms. The van der Waals surface area contributed by atoms with Gasteiger partial charge < -0.3 is 10.2 Å². The molecule has 0 aliphatic heterocycles. The third kappa shape index (κ3) is 2.89. The first kappa shape index (κ1) is 11.7. The average molecular weight is 222 g/mol. The molecular weight excluding hydrogens is 216 g/mol. The summed E-state index contributed by atoms with van der Waals surface area (Å²) in [6.45, 7) is 0. The molecule has 13 heavy (non-hydrogen) atoms.